The summed E-state index contributed by atoms with van der Waals surface area (Å²) in [5.41, 5.74) is 2.74. The number of aromatic nitrogens is 1. The van der Waals surface area contributed by atoms with Gasteiger partial charge in [0.25, 0.3) is 0 Å². The molecule has 2 heterocycles. The average molecular weight is 259 g/mol. The lowest BCUT2D eigenvalue weighted by Crippen LogP contribution is -2.42. The van der Waals surface area contributed by atoms with Crippen LogP contribution >= 0.6 is 0 Å². The van der Waals surface area contributed by atoms with Gasteiger partial charge in [-0.3, -0.25) is 9.88 Å². The third kappa shape index (κ3) is 5.13. The molecule has 3 heteroatoms. The summed E-state index contributed by atoms with van der Waals surface area (Å²) < 4.78 is 0. The van der Waals surface area contributed by atoms with Crippen LogP contribution in [0, 0.1) is 0 Å². The Morgan fingerprint density at radius 1 is 1.32 bits per heavy atom. The summed E-state index contributed by atoms with van der Waals surface area (Å²) >= 11 is 0. The number of rotatable bonds is 5. The maximum atomic E-state index is 4.04. The van der Waals surface area contributed by atoms with Crippen LogP contribution in [-0.4, -0.2) is 35.6 Å². The minimum absolute atomic E-state index is 0.663. The van der Waals surface area contributed by atoms with Crippen molar-refractivity contribution in [3.05, 3.63) is 41.7 Å². The number of likely N-dealkylation sites (tertiary alicyclic amines) is 1. The standard InChI is InChI=1S/C16H25N3/c1-14(2)5-10-19-11-6-16(7-12-19)18-13-15-3-8-17-9-4-15/h3-5,8-9,16,18H,6-7,10-13H2,1-2H3. The minimum Gasteiger partial charge on any atom is -0.310 e. The first-order chi connectivity index (χ1) is 9.24. The highest BCUT2D eigenvalue weighted by atomic mass is 15.1. The van der Waals surface area contributed by atoms with Gasteiger partial charge in [0.15, 0.2) is 0 Å². The lowest BCUT2D eigenvalue weighted by atomic mass is 10.0. The van der Waals surface area contributed by atoms with Gasteiger partial charge < -0.3 is 5.32 Å². The Hall–Kier alpha value is -1.19. The van der Waals surface area contributed by atoms with Gasteiger partial charge in [-0.25, -0.2) is 0 Å². The van der Waals surface area contributed by atoms with Gasteiger partial charge in [-0.1, -0.05) is 11.6 Å². The van der Waals surface area contributed by atoms with Crippen molar-refractivity contribution in [2.45, 2.75) is 39.3 Å². The molecule has 104 valence electrons. The molecule has 0 saturated carbocycles. The molecular formula is C16H25N3. The molecule has 1 aromatic rings. The summed E-state index contributed by atoms with van der Waals surface area (Å²) in [4.78, 5) is 6.58. The van der Waals surface area contributed by atoms with E-state index in [0.29, 0.717) is 6.04 Å². The highest BCUT2D eigenvalue weighted by Gasteiger charge is 2.17. The monoisotopic (exact) mass is 259 g/mol. The van der Waals surface area contributed by atoms with E-state index in [4.69, 9.17) is 0 Å². The van der Waals surface area contributed by atoms with Gasteiger partial charge >= 0.3 is 0 Å². The number of nitrogens with one attached hydrogen (secondary N) is 1. The number of hydrogen-bond donors (Lipinski definition) is 1. The first kappa shape index (κ1) is 14.2. The smallest absolute Gasteiger partial charge is 0.0271 e. The molecule has 2 rings (SSSR count). The molecule has 0 radical (unpaired) electrons. The van der Waals surface area contributed by atoms with Crippen molar-refractivity contribution < 1.29 is 0 Å². The van der Waals surface area contributed by atoms with Crippen LogP contribution in [-0.2, 0) is 6.54 Å². The molecular weight excluding hydrogens is 234 g/mol. The van der Waals surface area contributed by atoms with Gasteiger partial charge in [0, 0.05) is 31.5 Å². The largest absolute Gasteiger partial charge is 0.310 e. The quantitative estimate of drug-likeness (QED) is 0.824. The molecule has 1 aliphatic heterocycles. The summed E-state index contributed by atoms with van der Waals surface area (Å²) in [6.45, 7) is 8.82. The zero-order valence-electron chi connectivity index (χ0n) is 12.1. The van der Waals surface area contributed by atoms with Gasteiger partial charge in [0.05, 0.1) is 0 Å². The predicted molar refractivity (Wildman–Crippen MR) is 80.0 cm³/mol. The first-order valence-corrected chi connectivity index (χ1v) is 7.22. The zero-order chi connectivity index (χ0) is 13.5. The molecule has 0 aromatic carbocycles. The third-order valence-electron chi connectivity index (χ3n) is 3.69. The fourth-order valence-electron chi connectivity index (χ4n) is 2.39. The second-order valence-electron chi connectivity index (χ2n) is 5.59. The Bertz CT molecular complexity index is 388. The van der Waals surface area contributed by atoms with Crippen molar-refractivity contribution in [1.29, 1.82) is 0 Å². The second kappa shape index (κ2) is 7.41. The van der Waals surface area contributed by atoms with E-state index in [0.717, 1.165) is 13.1 Å². The lowest BCUT2D eigenvalue weighted by molar-refractivity contribution is 0.214. The average Bonchev–Trinajstić information content (AvgIpc) is 2.45. The molecule has 1 saturated heterocycles. The molecule has 0 bridgehead atoms. The topological polar surface area (TPSA) is 28.2 Å². The van der Waals surface area contributed by atoms with Crippen LogP contribution in [0.15, 0.2) is 36.2 Å². The summed E-state index contributed by atoms with van der Waals surface area (Å²) in [5, 5.41) is 3.65. The molecule has 1 aromatic heterocycles. The number of nitrogens with zero attached hydrogens (tertiary/aromatic N) is 2. The highest BCUT2D eigenvalue weighted by Crippen LogP contribution is 2.11. The summed E-state index contributed by atoms with van der Waals surface area (Å²) in [6.07, 6.45) is 8.55. The number of piperidine rings is 1. The number of pyridine rings is 1. The van der Waals surface area contributed by atoms with E-state index in [1.54, 1.807) is 0 Å². The number of allylic oxidation sites excluding steroid dienone is 1. The van der Waals surface area contributed by atoms with E-state index in [1.165, 1.54) is 37.1 Å². The van der Waals surface area contributed by atoms with Gasteiger partial charge in [-0.2, -0.15) is 0 Å². The normalized spacial score (nSPS) is 17.4. The van der Waals surface area contributed by atoms with E-state index in [2.05, 4.69) is 47.3 Å². The predicted octanol–water partition coefficient (Wildman–Crippen LogP) is 2.60. The molecule has 0 unspecified atom stereocenters. The van der Waals surface area contributed by atoms with Gasteiger partial charge in [-0.05, 0) is 57.5 Å². The van der Waals surface area contributed by atoms with Crippen LogP contribution in [0.3, 0.4) is 0 Å². The van der Waals surface area contributed by atoms with E-state index in [9.17, 15) is 0 Å². The molecule has 0 atom stereocenters. The minimum atomic E-state index is 0.663. The Kier molecular flexibility index (Phi) is 5.55. The molecule has 0 aliphatic carbocycles. The SMILES string of the molecule is CC(C)=CCN1CCC(NCc2ccncc2)CC1. The van der Waals surface area contributed by atoms with Crippen LogP contribution in [0.4, 0.5) is 0 Å². The van der Waals surface area contributed by atoms with Crippen LogP contribution in [0.1, 0.15) is 32.3 Å². The molecule has 1 fully saturated rings. The second-order valence-corrected chi connectivity index (χ2v) is 5.59. The Morgan fingerprint density at radius 2 is 2.00 bits per heavy atom. The molecule has 0 amide bonds. The maximum Gasteiger partial charge on any atom is 0.0271 e. The van der Waals surface area contributed by atoms with Crippen LogP contribution in [0.2, 0.25) is 0 Å². The molecule has 3 nitrogen and oxygen atoms in total. The number of hydrogen-bond acceptors (Lipinski definition) is 3. The Morgan fingerprint density at radius 3 is 2.63 bits per heavy atom. The summed E-state index contributed by atoms with van der Waals surface area (Å²) in [5.74, 6) is 0. The first-order valence-electron chi connectivity index (χ1n) is 7.22. The fourth-order valence-corrected chi connectivity index (χ4v) is 2.39. The van der Waals surface area contributed by atoms with Gasteiger partial charge in [-0.15, -0.1) is 0 Å². The van der Waals surface area contributed by atoms with Gasteiger partial charge in [0.1, 0.15) is 0 Å². The van der Waals surface area contributed by atoms with Crippen molar-refractivity contribution in [3.8, 4) is 0 Å². The van der Waals surface area contributed by atoms with Crippen molar-refractivity contribution in [1.82, 2.24) is 15.2 Å². The van der Waals surface area contributed by atoms with Gasteiger partial charge in [0.2, 0.25) is 0 Å². The van der Waals surface area contributed by atoms with E-state index >= 15 is 0 Å². The van der Waals surface area contributed by atoms with Crippen molar-refractivity contribution >= 4 is 0 Å². The molecule has 1 N–H and O–H groups in total. The molecule has 0 spiro atoms. The third-order valence-corrected chi connectivity index (χ3v) is 3.69. The van der Waals surface area contributed by atoms with E-state index in [1.807, 2.05) is 12.4 Å². The Labute approximate surface area is 116 Å². The zero-order valence-corrected chi connectivity index (χ0v) is 12.1. The van der Waals surface area contributed by atoms with Crippen molar-refractivity contribution in [3.63, 3.8) is 0 Å². The summed E-state index contributed by atoms with van der Waals surface area (Å²) in [7, 11) is 0. The summed E-state index contributed by atoms with van der Waals surface area (Å²) in [6, 6.07) is 4.82. The fraction of sp³-hybridized carbons (Fsp3) is 0.562. The van der Waals surface area contributed by atoms with Crippen molar-refractivity contribution in [2.24, 2.45) is 0 Å². The maximum absolute atomic E-state index is 4.04. The van der Waals surface area contributed by atoms with Crippen molar-refractivity contribution in [2.75, 3.05) is 19.6 Å². The Balaban J connectivity index is 1.68. The molecule has 19 heavy (non-hydrogen) atoms. The highest BCUT2D eigenvalue weighted by molar-refractivity contribution is 5.09. The molecule has 1 aliphatic rings. The van der Waals surface area contributed by atoms with Crippen LogP contribution in [0.5, 0.6) is 0 Å². The lowest BCUT2D eigenvalue weighted by Gasteiger charge is -2.31. The van der Waals surface area contributed by atoms with E-state index < -0.39 is 0 Å². The van der Waals surface area contributed by atoms with Crippen LogP contribution < -0.4 is 5.32 Å². The van der Waals surface area contributed by atoms with E-state index in [-0.39, 0.29) is 0 Å². The van der Waals surface area contributed by atoms with Crippen LogP contribution in [0.25, 0.3) is 0 Å².